The third kappa shape index (κ3) is 2.66. The smallest absolute Gasteiger partial charge is 0.263 e. The normalized spacial score (nSPS) is 14.0. The summed E-state index contributed by atoms with van der Waals surface area (Å²) in [6, 6.07) is 10.4. The van der Waals surface area contributed by atoms with Crippen LogP contribution in [-0.4, -0.2) is 37.0 Å². The molecule has 2 aromatic rings. The zero-order valence-corrected chi connectivity index (χ0v) is 13.5. The fourth-order valence-electron chi connectivity index (χ4n) is 2.41. The average Bonchev–Trinajstić information content (AvgIpc) is 2.78. The molecule has 124 valence electrons. The van der Waals surface area contributed by atoms with Crippen molar-refractivity contribution >= 4 is 27.5 Å². The van der Waals surface area contributed by atoms with E-state index in [4.69, 9.17) is 5.11 Å². The number of aliphatic hydroxyl groups is 1. The Labute approximate surface area is 138 Å². The van der Waals surface area contributed by atoms with Crippen molar-refractivity contribution in [2.45, 2.75) is 11.8 Å². The summed E-state index contributed by atoms with van der Waals surface area (Å²) in [5.74, 6) is -1.26. The number of fused-ring (bicyclic) bond motifs is 1. The van der Waals surface area contributed by atoms with Crippen LogP contribution >= 0.6 is 0 Å². The van der Waals surface area contributed by atoms with Gasteiger partial charge in [-0.15, -0.1) is 0 Å². The first kappa shape index (κ1) is 16.2. The summed E-state index contributed by atoms with van der Waals surface area (Å²) < 4.78 is 27.1. The number of hydrogen-bond acceptors (Lipinski definition) is 5. The molecule has 0 aromatic heterocycles. The third-order valence-electron chi connectivity index (χ3n) is 3.70. The van der Waals surface area contributed by atoms with Crippen molar-refractivity contribution in [2.75, 3.05) is 11.5 Å². The zero-order valence-electron chi connectivity index (χ0n) is 12.7. The highest BCUT2D eigenvalue weighted by molar-refractivity contribution is 7.92. The molecular formula is C16H14N2O5S. The van der Waals surface area contributed by atoms with Crippen LogP contribution in [0, 0.1) is 6.92 Å². The molecule has 0 atom stereocenters. The summed E-state index contributed by atoms with van der Waals surface area (Å²) in [7, 11) is -3.81. The second-order valence-electron chi connectivity index (χ2n) is 5.36. The van der Waals surface area contributed by atoms with Gasteiger partial charge in [0.05, 0.1) is 16.0 Å². The number of amides is 2. The first-order valence-corrected chi connectivity index (χ1v) is 8.52. The van der Waals surface area contributed by atoms with Crippen molar-refractivity contribution in [2.24, 2.45) is 0 Å². The predicted molar refractivity (Wildman–Crippen MR) is 86.0 cm³/mol. The van der Waals surface area contributed by atoms with Gasteiger partial charge in [-0.2, -0.15) is 0 Å². The largest absolute Gasteiger partial charge is 0.376 e. The van der Waals surface area contributed by atoms with Crippen molar-refractivity contribution in [1.82, 2.24) is 4.90 Å². The average molecular weight is 346 g/mol. The van der Waals surface area contributed by atoms with E-state index in [0.717, 1.165) is 5.56 Å². The molecule has 24 heavy (non-hydrogen) atoms. The zero-order chi connectivity index (χ0) is 17.5. The van der Waals surface area contributed by atoms with Crippen LogP contribution in [0.1, 0.15) is 26.3 Å². The number of carbonyl (C=O) groups excluding carboxylic acids is 2. The fraction of sp³-hybridized carbons (Fsp3) is 0.125. The van der Waals surface area contributed by atoms with E-state index in [-0.39, 0.29) is 21.7 Å². The van der Waals surface area contributed by atoms with Crippen LogP contribution in [0.3, 0.4) is 0 Å². The number of aryl methyl sites for hydroxylation is 1. The molecule has 0 aliphatic carbocycles. The van der Waals surface area contributed by atoms with E-state index in [1.54, 1.807) is 12.1 Å². The van der Waals surface area contributed by atoms with Crippen molar-refractivity contribution in [1.29, 1.82) is 0 Å². The van der Waals surface area contributed by atoms with Crippen LogP contribution in [0.4, 0.5) is 5.69 Å². The minimum atomic E-state index is -3.81. The third-order valence-corrected chi connectivity index (χ3v) is 5.09. The molecule has 2 N–H and O–H groups in total. The number of carbonyl (C=O) groups is 2. The molecular weight excluding hydrogens is 332 g/mol. The van der Waals surface area contributed by atoms with Gasteiger partial charge < -0.3 is 5.11 Å². The van der Waals surface area contributed by atoms with E-state index in [2.05, 4.69) is 4.72 Å². The number of nitrogens with zero attached hydrogens (tertiary/aromatic N) is 1. The van der Waals surface area contributed by atoms with Crippen LogP contribution in [0.5, 0.6) is 0 Å². The maximum absolute atomic E-state index is 12.4. The standard InChI is InChI=1S/C16H14N2O5S/c1-10-2-5-12(6-3-10)24(22,23)17-11-4-7-13-14(8-11)16(21)18(9-19)15(13)20/h2-8,17,19H,9H2,1H3. The van der Waals surface area contributed by atoms with Gasteiger partial charge in [-0.3, -0.25) is 19.2 Å². The molecule has 0 spiro atoms. The molecule has 0 fully saturated rings. The van der Waals surface area contributed by atoms with Gasteiger partial charge in [0, 0.05) is 5.69 Å². The molecule has 0 saturated heterocycles. The Hall–Kier alpha value is -2.71. The molecule has 1 aliphatic heterocycles. The van der Waals surface area contributed by atoms with Gasteiger partial charge in [0.2, 0.25) is 0 Å². The molecule has 3 rings (SSSR count). The lowest BCUT2D eigenvalue weighted by atomic mass is 10.1. The van der Waals surface area contributed by atoms with Gasteiger partial charge in [0.25, 0.3) is 21.8 Å². The van der Waals surface area contributed by atoms with E-state index < -0.39 is 28.6 Å². The Morgan fingerprint density at radius 1 is 1.00 bits per heavy atom. The maximum atomic E-state index is 12.4. The van der Waals surface area contributed by atoms with Gasteiger partial charge in [-0.25, -0.2) is 8.42 Å². The number of sulfonamides is 1. The summed E-state index contributed by atoms with van der Waals surface area (Å²) in [5.41, 5.74) is 1.28. The molecule has 0 bridgehead atoms. The number of rotatable bonds is 4. The number of nitrogens with one attached hydrogen (secondary N) is 1. The van der Waals surface area contributed by atoms with Crippen molar-refractivity contribution in [3.63, 3.8) is 0 Å². The Balaban J connectivity index is 1.93. The molecule has 1 heterocycles. The molecule has 0 unspecified atom stereocenters. The first-order valence-electron chi connectivity index (χ1n) is 7.04. The van der Waals surface area contributed by atoms with Crippen molar-refractivity contribution < 1.29 is 23.1 Å². The van der Waals surface area contributed by atoms with Crippen LogP contribution in [0.15, 0.2) is 47.4 Å². The number of benzene rings is 2. The molecule has 0 saturated carbocycles. The lowest BCUT2D eigenvalue weighted by Gasteiger charge is -2.09. The Morgan fingerprint density at radius 3 is 2.25 bits per heavy atom. The van der Waals surface area contributed by atoms with Gasteiger partial charge in [-0.1, -0.05) is 17.7 Å². The molecule has 2 amide bonds. The summed E-state index contributed by atoms with van der Waals surface area (Å²) in [6.45, 7) is 1.12. The number of imide groups is 1. The number of hydrogen-bond donors (Lipinski definition) is 2. The Morgan fingerprint density at radius 2 is 1.62 bits per heavy atom. The van der Waals surface area contributed by atoms with Crippen LogP contribution in [-0.2, 0) is 10.0 Å². The predicted octanol–water partition coefficient (Wildman–Crippen LogP) is 1.34. The van der Waals surface area contributed by atoms with E-state index in [1.165, 1.54) is 30.3 Å². The quantitative estimate of drug-likeness (QED) is 0.813. The summed E-state index contributed by atoms with van der Waals surface area (Å²) in [6.07, 6.45) is 0. The van der Waals surface area contributed by atoms with E-state index in [0.29, 0.717) is 4.90 Å². The monoisotopic (exact) mass is 346 g/mol. The SMILES string of the molecule is Cc1ccc(S(=O)(=O)Nc2ccc3c(c2)C(=O)N(CO)C3=O)cc1. The Bertz CT molecular complexity index is 935. The van der Waals surface area contributed by atoms with E-state index in [9.17, 15) is 18.0 Å². The lowest BCUT2D eigenvalue weighted by molar-refractivity contribution is 0.0490. The first-order chi connectivity index (χ1) is 11.3. The molecule has 1 aliphatic rings. The van der Waals surface area contributed by atoms with Crippen LogP contribution < -0.4 is 4.72 Å². The second kappa shape index (κ2) is 5.73. The number of aliphatic hydroxyl groups excluding tert-OH is 1. The van der Waals surface area contributed by atoms with E-state index in [1.807, 2.05) is 6.92 Å². The van der Waals surface area contributed by atoms with Crippen molar-refractivity contribution in [3.05, 3.63) is 59.2 Å². The number of anilines is 1. The minimum Gasteiger partial charge on any atom is -0.376 e. The van der Waals surface area contributed by atoms with Crippen LogP contribution in [0.2, 0.25) is 0 Å². The second-order valence-corrected chi connectivity index (χ2v) is 7.04. The van der Waals surface area contributed by atoms with E-state index >= 15 is 0 Å². The summed E-state index contributed by atoms with van der Waals surface area (Å²) in [5, 5.41) is 9.08. The summed E-state index contributed by atoms with van der Waals surface area (Å²) >= 11 is 0. The molecule has 8 heteroatoms. The van der Waals surface area contributed by atoms with Crippen LogP contribution in [0.25, 0.3) is 0 Å². The molecule has 7 nitrogen and oxygen atoms in total. The van der Waals surface area contributed by atoms with Gasteiger partial charge in [0.1, 0.15) is 6.73 Å². The van der Waals surface area contributed by atoms with Gasteiger partial charge in [0.15, 0.2) is 0 Å². The van der Waals surface area contributed by atoms with Crippen molar-refractivity contribution in [3.8, 4) is 0 Å². The highest BCUT2D eigenvalue weighted by Gasteiger charge is 2.35. The van der Waals surface area contributed by atoms with Gasteiger partial charge >= 0.3 is 0 Å². The highest BCUT2D eigenvalue weighted by Crippen LogP contribution is 2.26. The topological polar surface area (TPSA) is 104 Å². The summed E-state index contributed by atoms with van der Waals surface area (Å²) in [4.78, 5) is 24.7. The lowest BCUT2D eigenvalue weighted by Crippen LogP contribution is -2.30. The van der Waals surface area contributed by atoms with Gasteiger partial charge in [-0.05, 0) is 37.3 Å². The highest BCUT2D eigenvalue weighted by atomic mass is 32.2. The molecule has 2 aromatic carbocycles. The maximum Gasteiger partial charge on any atom is 0.263 e. The Kier molecular flexibility index (Phi) is 3.86. The fourth-order valence-corrected chi connectivity index (χ4v) is 3.46. The minimum absolute atomic E-state index is 0.0538. The molecule has 0 radical (unpaired) electrons.